The molecule has 4 heterocycles. The van der Waals surface area contributed by atoms with E-state index in [1.54, 1.807) is 28.9 Å². The number of carboxylic acid groups (broad SMARTS) is 1. The summed E-state index contributed by atoms with van der Waals surface area (Å²) in [5.74, 6) is 0.552. The Morgan fingerprint density at radius 2 is 1.97 bits per heavy atom. The van der Waals surface area contributed by atoms with Gasteiger partial charge in [-0.05, 0) is 31.0 Å². The molecule has 1 saturated heterocycles. The van der Waals surface area contributed by atoms with Crippen molar-refractivity contribution in [3.05, 3.63) is 54.6 Å². The highest BCUT2D eigenvalue weighted by Gasteiger charge is 2.31. The van der Waals surface area contributed by atoms with Gasteiger partial charge in [0.25, 0.3) is 0 Å². The van der Waals surface area contributed by atoms with E-state index in [1.807, 2.05) is 0 Å². The summed E-state index contributed by atoms with van der Waals surface area (Å²) < 4.78 is 46.9. The topological polar surface area (TPSA) is 109 Å². The molecule has 1 amide bonds. The molecule has 0 spiro atoms. The van der Waals surface area contributed by atoms with Crippen molar-refractivity contribution in [3.8, 4) is 22.6 Å². The van der Waals surface area contributed by atoms with Crippen molar-refractivity contribution in [1.82, 2.24) is 24.3 Å². The maximum atomic E-state index is 13.3. The number of alkyl halides is 3. The molecular formula is C22H19F3N6O3. The first-order valence-electron chi connectivity index (χ1n) is 10.5. The molecule has 1 aromatic carbocycles. The standard InChI is InChI=1S/C22H19F3N6O3/c23-22(24,25)14-3-1-2-13(12-14)17-18(31-10-11-34-20(31)29-17)16-4-7-26-19(28-16)27-15-5-8-30(9-6-15)21(32)33/h1-4,7,10-12,15H,5-6,8-9H2,(H,32,33)(H,26,27,28). The van der Waals surface area contributed by atoms with E-state index in [1.165, 1.54) is 17.2 Å². The number of hydrogen-bond acceptors (Lipinski definition) is 6. The van der Waals surface area contributed by atoms with E-state index in [4.69, 9.17) is 9.52 Å². The highest BCUT2D eigenvalue weighted by Crippen LogP contribution is 2.36. The van der Waals surface area contributed by atoms with Crippen LogP contribution in [0.25, 0.3) is 28.5 Å². The second-order valence-corrected chi connectivity index (χ2v) is 7.90. The molecule has 9 nitrogen and oxygen atoms in total. The number of rotatable bonds is 4. The maximum absolute atomic E-state index is 13.3. The van der Waals surface area contributed by atoms with Gasteiger partial charge in [-0.3, -0.25) is 4.40 Å². The summed E-state index contributed by atoms with van der Waals surface area (Å²) in [5, 5.41) is 12.3. The van der Waals surface area contributed by atoms with E-state index in [0.29, 0.717) is 49.0 Å². The van der Waals surface area contributed by atoms with Gasteiger partial charge in [0.15, 0.2) is 0 Å². The van der Waals surface area contributed by atoms with Gasteiger partial charge in [-0.15, -0.1) is 0 Å². The Kier molecular flexibility index (Phi) is 5.34. The zero-order chi connectivity index (χ0) is 23.9. The Hall–Kier alpha value is -4.09. The van der Waals surface area contributed by atoms with Crippen molar-refractivity contribution in [1.29, 1.82) is 0 Å². The number of fused-ring (bicyclic) bond motifs is 1. The average Bonchev–Trinajstić information content (AvgIpc) is 3.40. The quantitative estimate of drug-likeness (QED) is 0.446. The highest BCUT2D eigenvalue weighted by molar-refractivity contribution is 5.80. The van der Waals surface area contributed by atoms with Crippen LogP contribution in [0.1, 0.15) is 18.4 Å². The van der Waals surface area contributed by atoms with Crippen LogP contribution in [0, 0.1) is 0 Å². The molecule has 3 aromatic heterocycles. The number of benzene rings is 1. The number of anilines is 1. The number of nitrogens with one attached hydrogen (secondary N) is 1. The first-order chi connectivity index (χ1) is 16.3. The molecule has 0 saturated carbocycles. The van der Waals surface area contributed by atoms with Gasteiger partial charge in [0.2, 0.25) is 5.95 Å². The number of nitrogens with zero attached hydrogens (tertiary/aromatic N) is 5. The second-order valence-electron chi connectivity index (χ2n) is 7.90. The maximum Gasteiger partial charge on any atom is 0.416 e. The third kappa shape index (κ3) is 4.14. The fourth-order valence-electron chi connectivity index (χ4n) is 4.03. The van der Waals surface area contributed by atoms with Crippen LogP contribution >= 0.6 is 0 Å². The van der Waals surface area contributed by atoms with Gasteiger partial charge in [0, 0.05) is 37.1 Å². The molecule has 1 fully saturated rings. The van der Waals surface area contributed by atoms with Crippen LogP contribution in [0.15, 0.2) is 53.4 Å². The van der Waals surface area contributed by atoms with Gasteiger partial charge in [-0.25, -0.2) is 14.8 Å². The molecule has 34 heavy (non-hydrogen) atoms. The van der Waals surface area contributed by atoms with E-state index in [-0.39, 0.29) is 17.4 Å². The summed E-state index contributed by atoms with van der Waals surface area (Å²) in [4.78, 5) is 25.7. The number of amides is 1. The minimum Gasteiger partial charge on any atom is -0.465 e. The number of halogens is 3. The van der Waals surface area contributed by atoms with Crippen molar-refractivity contribution in [2.75, 3.05) is 18.4 Å². The second kappa shape index (κ2) is 8.36. The normalized spacial score (nSPS) is 15.1. The number of oxazole rings is 1. The Bertz CT molecular complexity index is 1340. The molecule has 0 radical (unpaired) electrons. The third-order valence-corrected chi connectivity index (χ3v) is 5.72. The van der Waals surface area contributed by atoms with Crippen molar-refractivity contribution < 1.29 is 27.5 Å². The summed E-state index contributed by atoms with van der Waals surface area (Å²) in [6.45, 7) is 0.815. The molecular weight excluding hydrogens is 453 g/mol. The number of carbonyl (C=O) groups is 1. The Balaban J connectivity index is 1.49. The summed E-state index contributed by atoms with van der Waals surface area (Å²) in [6.07, 6.45) is 0.374. The summed E-state index contributed by atoms with van der Waals surface area (Å²) >= 11 is 0. The number of likely N-dealkylation sites (tertiary alicyclic amines) is 1. The van der Waals surface area contributed by atoms with Gasteiger partial charge >= 0.3 is 18.1 Å². The van der Waals surface area contributed by atoms with E-state index in [9.17, 15) is 18.0 Å². The zero-order valence-electron chi connectivity index (χ0n) is 17.7. The fourth-order valence-corrected chi connectivity index (χ4v) is 4.03. The predicted octanol–water partition coefficient (Wildman–Crippen LogP) is 4.62. The van der Waals surface area contributed by atoms with Crippen LogP contribution in [0.4, 0.5) is 23.9 Å². The summed E-state index contributed by atoms with van der Waals surface area (Å²) in [5.41, 5.74) is 0.706. The monoisotopic (exact) mass is 472 g/mol. The summed E-state index contributed by atoms with van der Waals surface area (Å²) in [7, 11) is 0. The third-order valence-electron chi connectivity index (χ3n) is 5.72. The van der Waals surface area contributed by atoms with Crippen molar-refractivity contribution in [2.45, 2.75) is 25.1 Å². The van der Waals surface area contributed by atoms with Crippen molar-refractivity contribution in [2.24, 2.45) is 0 Å². The predicted molar refractivity (Wildman–Crippen MR) is 115 cm³/mol. The lowest BCUT2D eigenvalue weighted by atomic mass is 10.0. The molecule has 0 aliphatic carbocycles. The molecule has 4 aromatic rings. The fraction of sp³-hybridized carbons (Fsp3) is 0.273. The van der Waals surface area contributed by atoms with E-state index in [2.05, 4.69) is 20.3 Å². The van der Waals surface area contributed by atoms with Gasteiger partial charge in [-0.1, -0.05) is 12.1 Å². The molecule has 5 rings (SSSR count). The minimum atomic E-state index is -4.49. The molecule has 1 aliphatic heterocycles. The number of hydrogen-bond donors (Lipinski definition) is 2. The SMILES string of the molecule is O=C(O)N1CCC(Nc2nccc(-c3c(-c4cccc(C(F)(F)F)c4)nc4occn34)n2)CC1. The number of piperidine rings is 1. The van der Waals surface area contributed by atoms with E-state index < -0.39 is 17.8 Å². The number of aromatic nitrogens is 4. The van der Waals surface area contributed by atoms with Gasteiger partial charge in [0.1, 0.15) is 17.7 Å². The lowest BCUT2D eigenvalue weighted by Crippen LogP contribution is -2.41. The summed E-state index contributed by atoms with van der Waals surface area (Å²) in [6, 6.07) is 6.57. The van der Waals surface area contributed by atoms with Gasteiger partial charge in [0.05, 0.1) is 11.3 Å². The average molecular weight is 472 g/mol. The van der Waals surface area contributed by atoms with Crippen LogP contribution in [0.2, 0.25) is 0 Å². The van der Waals surface area contributed by atoms with Crippen LogP contribution < -0.4 is 5.32 Å². The van der Waals surface area contributed by atoms with Crippen molar-refractivity contribution >= 4 is 17.9 Å². The van der Waals surface area contributed by atoms with E-state index >= 15 is 0 Å². The smallest absolute Gasteiger partial charge is 0.416 e. The Morgan fingerprint density at radius 3 is 2.71 bits per heavy atom. The first kappa shape index (κ1) is 21.7. The van der Waals surface area contributed by atoms with Gasteiger partial charge < -0.3 is 19.7 Å². The zero-order valence-corrected chi connectivity index (χ0v) is 17.7. The molecule has 2 N–H and O–H groups in total. The number of imidazole rings is 1. The minimum absolute atomic E-state index is 0.00632. The molecule has 0 atom stereocenters. The largest absolute Gasteiger partial charge is 0.465 e. The Labute approximate surface area is 190 Å². The van der Waals surface area contributed by atoms with Crippen molar-refractivity contribution in [3.63, 3.8) is 0 Å². The van der Waals surface area contributed by atoms with Crippen LogP contribution in [0.5, 0.6) is 0 Å². The lowest BCUT2D eigenvalue weighted by molar-refractivity contribution is -0.137. The lowest BCUT2D eigenvalue weighted by Gasteiger charge is -2.30. The van der Waals surface area contributed by atoms with Crippen LogP contribution in [-0.2, 0) is 6.18 Å². The highest BCUT2D eigenvalue weighted by atomic mass is 19.4. The molecule has 0 bridgehead atoms. The van der Waals surface area contributed by atoms with Crippen LogP contribution in [-0.4, -0.2) is 54.6 Å². The molecule has 176 valence electrons. The Morgan fingerprint density at radius 1 is 1.18 bits per heavy atom. The van der Waals surface area contributed by atoms with Gasteiger partial charge in [-0.2, -0.15) is 18.2 Å². The first-order valence-corrected chi connectivity index (χ1v) is 10.5. The molecule has 12 heteroatoms. The van der Waals surface area contributed by atoms with E-state index in [0.717, 1.165) is 12.1 Å². The molecule has 1 aliphatic rings. The van der Waals surface area contributed by atoms with Crippen LogP contribution in [0.3, 0.4) is 0 Å². The molecule has 0 unspecified atom stereocenters.